The van der Waals surface area contributed by atoms with Crippen molar-refractivity contribution >= 4 is 29.1 Å². The lowest BCUT2D eigenvalue weighted by Crippen LogP contribution is -2.38. The molecule has 3 amide bonds. The first kappa shape index (κ1) is 23.2. The molecule has 1 aromatic heterocycles. The zero-order chi connectivity index (χ0) is 24.2. The summed E-state index contributed by atoms with van der Waals surface area (Å²) in [5, 5.41) is 9.61. The van der Waals surface area contributed by atoms with Crippen LogP contribution in [0, 0.1) is 6.92 Å². The molecule has 1 fully saturated rings. The molecule has 2 heterocycles. The fraction of sp³-hybridized carbons (Fsp3) is 0.320. The zero-order valence-corrected chi connectivity index (χ0v) is 19.4. The van der Waals surface area contributed by atoms with Crippen molar-refractivity contribution in [3.8, 4) is 11.4 Å². The first-order valence-corrected chi connectivity index (χ1v) is 11.2. The summed E-state index contributed by atoms with van der Waals surface area (Å²) in [6.45, 7) is 5.91. The fourth-order valence-corrected chi connectivity index (χ4v) is 4.12. The third-order valence-electron chi connectivity index (χ3n) is 5.91. The molecule has 2 N–H and O–H groups in total. The molecule has 1 saturated heterocycles. The highest BCUT2D eigenvalue weighted by atomic mass is 16.5. The van der Waals surface area contributed by atoms with Gasteiger partial charge in [0.1, 0.15) is 0 Å². The van der Waals surface area contributed by atoms with Crippen LogP contribution >= 0.6 is 0 Å². The Morgan fingerprint density at radius 2 is 1.65 bits per heavy atom. The smallest absolute Gasteiger partial charge is 0.254 e. The van der Waals surface area contributed by atoms with Crippen molar-refractivity contribution in [1.82, 2.24) is 15.0 Å². The van der Waals surface area contributed by atoms with Gasteiger partial charge in [0.25, 0.3) is 5.91 Å². The van der Waals surface area contributed by atoms with E-state index in [-0.39, 0.29) is 23.6 Å². The Morgan fingerprint density at radius 1 is 0.971 bits per heavy atom. The largest absolute Gasteiger partial charge is 0.339 e. The maximum Gasteiger partial charge on any atom is 0.254 e. The Bertz CT molecular complexity index is 1210. The number of nitrogens with zero attached hydrogens (tertiary/aromatic N) is 3. The minimum absolute atomic E-state index is 0.0476. The molecule has 0 saturated carbocycles. The summed E-state index contributed by atoms with van der Waals surface area (Å²) in [7, 11) is 0. The van der Waals surface area contributed by atoms with Crippen molar-refractivity contribution in [2.45, 2.75) is 39.5 Å². The van der Waals surface area contributed by atoms with E-state index in [1.165, 1.54) is 13.8 Å². The molecule has 2 aromatic carbocycles. The molecule has 34 heavy (non-hydrogen) atoms. The minimum Gasteiger partial charge on any atom is -0.339 e. The number of aromatic nitrogens is 2. The highest BCUT2D eigenvalue weighted by molar-refractivity contribution is 5.99. The summed E-state index contributed by atoms with van der Waals surface area (Å²) in [4.78, 5) is 42.1. The number of amides is 3. The summed E-state index contributed by atoms with van der Waals surface area (Å²) in [6.07, 6.45) is 1.44. The van der Waals surface area contributed by atoms with E-state index in [1.807, 2.05) is 24.0 Å². The number of benzene rings is 2. The monoisotopic (exact) mass is 461 g/mol. The van der Waals surface area contributed by atoms with Crippen LogP contribution < -0.4 is 10.6 Å². The van der Waals surface area contributed by atoms with Crippen molar-refractivity contribution in [2.24, 2.45) is 0 Å². The van der Waals surface area contributed by atoms with Gasteiger partial charge < -0.3 is 20.1 Å². The summed E-state index contributed by atoms with van der Waals surface area (Å²) >= 11 is 0. The Balaban J connectivity index is 1.39. The molecule has 0 bridgehead atoms. The number of piperidine rings is 1. The van der Waals surface area contributed by atoms with Crippen LogP contribution in [-0.2, 0) is 9.59 Å². The van der Waals surface area contributed by atoms with E-state index < -0.39 is 0 Å². The van der Waals surface area contributed by atoms with Crippen LogP contribution in [0.2, 0.25) is 0 Å². The van der Waals surface area contributed by atoms with Gasteiger partial charge in [-0.05, 0) is 61.7 Å². The van der Waals surface area contributed by atoms with Crippen LogP contribution in [0.4, 0.5) is 11.4 Å². The summed E-state index contributed by atoms with van der Waals surface area (Å²) in [6, 6.07) is 12.6. The first-order valence-electron chi connectivity index (χ1n) is 11.2. The van der Waals surface area contributed by atoms with E-state index in [0.29, 0.717) is 41.7 Å². The topological polar surface area (TPSA) is 117 Å². The summed E-state index contributed by atoms with van der Waals surface area (Å²) < 4.78 is 5.53. The molecular weight excluding hydrogens is 434 g/mol. The predicted octanol–water partition coefficient (Wildman–Crippen LogP) is 3.98. The van der Waals surface area contributed by atoms with Gasteiger partial charge in [-0.3, -0.25) is 14.4 Å². The molecule has 0 atom stereocenters. The number of hydrogen-bond acceptors (Lipinski definition) is 6. The Labute approximate surface area is 197 Å². The lowest BCUT2D eigenvalue weighted by Gasteiger charge is -2.31. The minimum atomic E-state index is -0.170. The van der Waals surface area contributed by atoms with E-state index in [9.17, 15) is 14.4 Å². The van der Waals surface area contributed by atoms with Crippen molar-refractivity contribution < 1.29 is 18.9 Å². The van der Waals surface area contributed by atoms with Crippen LogP contribution in [0.25, 0.3) is 11.4 Å². The van der Waals surface area contributed by atoms with E-state index in [4.69, 9.17) is 4.52 Å². The van der Waals surface area contributed by atoms with Gasteiger partial charge in [0, 0.05) is 55.4 Å². The number of carbonyl (C=O) groups excluding carboxylic acids is 3. The molecule has 176 valence electrons. The van der Waals surface area contributed by atoms with Gasteiger partial charge in [-0.25, -0.2) is 0 Å². The quantitative estimate of drug-likeness (QED) is 0.593. The summed E-state index contributed by atoms with van der Waals surface area (Å²) in [5.41, 5.74) is 3.50. The second-order valence-corrected chi connectivity index (χ2v) is 8.44. The van der Waals surface area contributed by atoms with Gasteiger partial charge >= 0.3 is 0 Å². The Morgan fingerprint density at radius 3 is 2.29 bits per heavy atom. The fourth-order valence-electron chi connectivity index (χ4n) is 4.12. The number of likely N-dealkylation sites (tertiary alicyclic amines) is 1. The molecule has 9 heteroatoms. The van der Waals surface area contributed by atoms with E-state index in [2.05, 4.69) is 20.8 Å². The molecule has 1 aliphatic rings. The van der Waals surface area contributed by atoms with Crippen molar-refractivity contribution in [1.29, 1.82) is 0 Å². The van der Waals surface area contributed by atoms with Crippen LogP contribution in [0.1, 0.15) is 54.4 Å². The molecule has 1 aliphatic heterocycles. The standard InChI is InChI=1S/C25H27N5O4/c1-15-21(5-4-6-22(15)27-17(3)32)25(33)30-13-11-19(12-14-30)24-28-23(29-34-24)18-7-9-20(10-8-18)26-16(2)31/h4-10,19H,11-14H2,1-3H3,(H,26,31)(H,27,32). The third-order valence-corrected chi connectivity index (χ3v) is 5.91. The van der Waals surface area contributed by atoms with Crippen LogP contribution in [-0.4, -0.2) is 45.9 Å². The maximum absolute atomic E-state index is 13.1. The molecule has 0 radical (unpaired) electrons. The SMILES string of the molecule is CC(=O)Nc1ccc(-c2noc(C3CCN(C(=O)c4cccc(NC(C)=O)c4C)CC3)n2)cc1. The Kier molecular flexibility index (Phi) is 6.72. The third kappa shape index (κ3) is 5.14. The molecule has 0 spiro atoms. The molecule has 9 nitrogen and oxygen atoms in total. The van der Waals surface area contributed by atoms with Gasteiger partial charge in [-0.2, -0.15) is 4.98 Å². The van der Waals surface area contributed by atoms with E-state index in [1.54, 1.807) is 30.3 Å². The van der Waals surface area contributed by atoms with Gasteiger partial charge in [0.2, 0.25) is 23.5 Å². The highest BCUT2D eigenvalue weighted by Gasteiger charge is 2.29. The van der Waals surface area contributed by atoms with E-state index in [0.717, 1.165) is 24.0 Å². The van der Waals surface area contributed by atoms with Crippen molar-refractivity contribution in [3.05, 3.63) is 59.5 Å². The molecule has 3 aromatic rings. The molecule has 0 unspecified atom stereocenters. The number of anilines is 2. The number of rotatable bonds is 5. The van der Waals surface area contributed by atoms with Gasteiger partial charge in [-0.15, -0.1) is 0 Å². The van der Waals surface area contributed by atoms with Crippen LogP contribution in [0.15, 0.2) is 47.0 Å². The molecular formula is C25H27N5O4. The Hall–Kier alpha value is -4.01. The van der Waals surface area contributed by atoms with E-state index >= 15 is 0 Å². The van der Waals surface area contributed by atoms with Crippen LogP contribution in [0.5, 0.6) is 0 Å². The molecule has 4 rings (SSSR count). The lowest BCUT2D eigenvalue weighted by atomic mass is 9.95. The second-order valence-electron chi connectivity index (χ2n) is 8.44. The molecule has 0 aliphatic carbocycles. The van der Waals surface area contributed by atoms with Crippen LogP contribution in [0.3, 0.4) is 0 Å². The van der Waals surface area contributed by atoms with Gasteiger partial charge in [0.15, 0.2) is 0 Å². The summed E-state index contributed by atoms with van der Waals surface area (Å²) in [5.74, 6) is 0.792. The number of carbonyl (C=O) groups is 3. The average molecular weight is 462 g/mol. The van der Waals surface area contributed by atoms with Gasteiger partial charge in [0.05, 0.1) is 0 Å². The number of nitrogens with one attached hydrogen (secondary N) is 2. The average Bonchev–Trinajstić information content (AvgIpc) is 3.30. The maximum atomic E-state index is 13.1. The van der Waals surface area contributed by atoms with Crippen molar-refractivity contribution in [3.63, 3.8) is 0 Å². The lowest BCUT2D eigenvalue weighted by molar-refractivity contribution is -0.115. The van der Waals surface area contributed by atoms with Gasteiger partial charge in [-0.1, -0.05) is 11.2 Å². The first-order chi connectivity index (χ1) is 16.3. The second kappa shape index (κ2) is 9.86. The number of hydrogen-bond donors (Lipinski definition) is 2. The zero-order valence-electron chi connectivity index (χ0n) is 19.4. The normalized spacial score (nSPS) is 14.0. The van der Waals surface area contributed by atoms with Crippen molar-refractivity contribution in [2.75, 3.05) is 23.7 Å². The predicted molar refractivity (Wildman–Crippen MR) is 127 cm³/mol. The highest BCUT2D eigenvalue weighted by Crippen LogP contribution is 2.30.